The van der Waals surface area contributed by atoms with Crippen LogP contribution in [0.25, 0.3) is 0 Å². The largest absolute Gasteiger partial charge is 0.312 e. The summed E-state index contributed by atoms with van der Waals surface area (Å²) in [4.78, 5) is 2.82. The second kappa shape index (κ2) is 6.10. The summed E-state index contributed by atoms with van der Waals surface area (Å²) in [6, 6.07) is 10.9. The molecule has 2 nitrogen and oxygen atoms in total. The molecule has 0 saturated carbocycles. The number of hydrogen-bond acceptors (Lipinski definition) is 2. The molecule has 1 aromatic rings. The topological polar surface area (TPSA) is 15.3 Å². The molecule has 1 saturated heterocycles. The Balaban J connectivity index is 1.93. The quantitative estimate of drug-likeness (QED) is 0.905. The van der Waals surface area contributed by atoms with Gasteiger partial charge in [0.2, 0.25) is 0 Å². The fourth-order valence-corrected chi connectivity index (χ4v) is 4.69. The first-order valence-electron chi connectivity index (χ1n) is 8.65. The van der Waals surface area contributed by atoms with Crippen molar-refractivity contribution in [2.45, 2.75) is 64.1 Å². The molecule has 2 heteroatoms. The smallest absolute Gasteiger partial charge is 0.0478 e. The van der Waals surface area contributed by atoms with Gasteiger partial charge in [0.05, 0.1) is 0 Å². The molecular weight excluding hydrogens is 256 g/mol. The monoisotopic (exact) mass is 286 g/mol. The van der Waals surface area contributed by atoms with Crippen molar-refractivity contribution in [1.82, 2.24) is 10.2 Å². The Bertz CT molecular complexity index is 482. The van der Waals surface area contributed by atoms with E-state index in [-0.39, 0.29) is 0 Å². The zero-order valence-corrected chi connectivity index (χ0v) is 14.0. The predicted octanol–water partition coefficient (Wildman–Crippen LogP) is 3.94. The summed E-state index contributed by atoms with van der Waals surface area (Å²) >= 11 is 0. The highest BCUT2D eigenvalue weighted by Gasteiger charge is 2.40. The standard InChI is InChI=1S/C19H30N2/c1-13(2)17-10-7-11-21(17)18-12-14(3)15-8-5-6-9-16(15)19(18)20-4/h5-6,8-9,13-14,17-20H,7,10-12H2,1-4H3. The van der Waals surface area contributed by atoms with E-state index in [4.69, 9.17) is 0 Å². The molecular formula is C19H30N2. The van der Waals surface area contributed by atoms with Crippen molar-refractivity contribution in [2.75, 3.05) is 13.6 Å². The van der Waals surface area contributed by atoms with Gasteiger partial charge in [0, 0.05) is 18.1 Å². The molecule has 0 bridgehead atoms. The van der Waals surface area contributed by atoms with Crippen LogP contribution in [0, 0.1) is 5.92 Å². The van der Waals surface area contributed by atoms with Gasteiger partial charge in [0.25, 0.3) is 0 Å². The molecule has 1 N–H and O–H groups in total. The second-order valence-corrected chi connectivity index (χ2v) is 7.29. The van der Waals surface area contributed by atoms with E-state index in [0.29, 0.717) is 18.0 Å². The van der Waals surface area contributed by atoms with Crippen LogP contribution in [0.4, 0.5) is 0 Å². The Labute approximate surface area is 129 Å². The Kier molecular flexibility index (Phi) is 4.37. The lowest BCUT2D eigenvalue weighted by atomic mass is 9.77. The minimum Gasteiger partial charge on any atom is -0.312 e. The minimum absolute atomic E-state index is 0.483. The second-order valence-electron chi connectivity index (χ2n) is 7.29. The zero-order valence-electron chi connectivity index (χ0n) is 14.0. The Morgan fingerprint density at radius 1 is 1.19 bits per heavy atom. The maximum Gasteiger partial charge on any atom is 0.0478 e. The first-order valence-corrected chi connectivity index (χ1v) is 8.65. The number of likely N-dealkylation sites (N-methyl/N-ethyl adjacent to an activating group) is 1. The van der Waals surface area contributed by atoms with Crippen LogP contribution in [0.2, 0.25) is 0 Å². The highest BCUT2D eigenvalue weighted by Crippen LogP contribution is 2.42. The van der Waals surface area contributed by atoms with E-state index in [1.165, 1.54) is 31.4 Å². The van der Waals surface area contributed by atoms with Gasteiger partial charge in [-0.25, -0.2) is 0 Å². The summed E-state index contributed by atoms with van der Waals surface area (Å²) in [5, 5.41) is 3.63. The summed E-state index contributed by atoms with van der Waals surface area (Å²) in [6.45, 7) is 8.45. The van der Waals surface area contributed by atoms with E-state index in [9.17, 15) is 0 Å². The number of fused-ring (bicyclic) bond motifs is 1. The van der Waals surface area contributed by atoms with Gasteiger partial charge >= 0.3 is 0 Å². The maximum atomic E-state index is 3.63. The number of nitrogens with zero attached hydrogens (tertiary/aromatic N) is 1. The van der Waals surface area contributed by atoms with Gasteiger partial charge in [-0.3, -0.25) is 4.90 Å². The molecule has 4 atom stereocenters. The molecule has 116 valence electrons. The number of hydrogen-bond donors (Lipinski definition) is 1. The van der Waals surface area contributed by atoms with Gasteiger partial charge in [0.15, 0.2) is 0 Å². The van der Waals surface area contributed by atoms with Gasteiger partial charge in [-0.05, 0) is 55.8 Å². The Hall–Kier alpha value is -0.860. The molecule has 1 aromatic carbocycles. The summed E-state index contributed by atoms with van der Waals surface area (Å²) in [6.07, 6.45) is 4.03. The fourth-order valence-electron chi connectivity index (χ4n) is 4.69. The summed E-state index contributed by atoms with van der Waals surface area (Å²) in [5.41, 5.74) is 3.08. The first-order chi connectivity index (χ1) is 10.1. The highest BCUT2D eigenvalue weighted by atomic mass is 15.2. The SMILES string of the molecule is CNC1c2ccccc2C(C)CC1N1CCCC1C(C)C. The lowest BCUT2D eigenvalue weighted by Crippen LogP contribution is -2.50. The Morgan fingerprint density at radius 3 is 2.57 bits per heavy atom. The number of rotatable bonds is 3. The average Bonchev–Trinajstić information content (AvgIpc) is 2.97. The Morgan fingerprint density at radius 2 is 1.90 bits per heavy atom. The molecule has 21 heavy (non-hydrogen) atoms. The van der Waals surface area contributed by atoms with Gasteiger partial charge in [-0.15, -0.1) is 0 Å². The van der Waals surface area contributed by atoms with Crippen LogP contribution >= 0.6 is 0 Å². The maximum absolute atomic E-state index is 3.63. The van der Waals surface area contributed by atoms with Crippen molar-refractivity contribution in [3.8, 4) is 0 Å². The highest BCUT2D eigenvalue weighted by molar-refractivity contribution is 5.36. The van der Waals surface area contributed by atoms with Crippen molar-refractivity contribution in [3.05, 3.63) is 35.4 Å². The van der Waals surface area contributed by atoms with Crippen molar-refractivity contribution in [2.24, 2.45) is 5.92 Å². The van der Waals surface area contributed by atoms with Crippen LogP contribution < -0.4 is 5.32 Å². The molecule has 0 aromatic heterocycles. The van der Waals surface area contributed by atoms with E-state index in [1.54, 1.807) is 5.56 Å². The summed E-state index contributed by atoms with van der Waals surface area (Å²) in [5.74, 6) is 1.43. The third kappa shape index (κ3) is 2.64. The van der Waals surface area contributed by atoms with Gasteiger partial charge in [0.1, 0.15) is 0 Å². The van der Waals surface area contributed by atoms with Gasteiger partial charge in [-0.1, -0.05) is 45.0 Å². The molecule has 1 heterocycles. The molecule has 0 spiro atoms. The molecule has 0 amide bonds. The average molecular weight is 286 g/mol. The summed E-state index contributed by atoms with van der Waals surface area (Å²) in [7, 11) is 2.13. The number of likely N-dealkylation sites (tertiary alicyclic amines) is 1. The fraction of sp³-hybridized carbons (Fsp3) is 0.684. The first kappa shape index (κ1) is 15.1. The van der Waals surface area contributed by atoms with Crippen molar-refractivity contribution < 1.29 is 0 Å². The van der Waals surface area contributed by atoms with E-state index >= 15 is 0 Å². The molecule has 4 unspecified atom stereocenters. The zero-order chi connectivity index (χ0) is 15.0. The molecule has 1 aliphatic heterocycles. The number of nitrogens with one attached hydrogen (secondary N) is 1. The van der Waals surface area contributed by atoms with Gasteiger partial charge in [-0.2, -0.15) is 0 Å². The van der Waals surface area contributed by atoms with Crippen LogP contribution in [0.1, 0.15) is 63.1 Å². The van der Waals surface area contributed by atoms with Crippen molar-refractivity contribution in [3.63, 3.8) is 0 Å². The lowest BCUT2D eigenvalue weighted by molar-refractivity contribution is 0.0997. The lowest BCUT2D eigenvalue weighted by Gasteiger charge is -2.44. The predicted molar refractivity (Wildman–Crippen MR) is 89.6 cm³/mol. The third-order valence-corrected chi connectivity index (χ3v) is 5.69. The van der Waals surface area contributed by atoms with Crippen molar-refractivity contribution in [1.29, 1.82) is 0 Å². The van der Waals surface area contributed by atoms with Crippen molar-refractivity contribution >= 4 is 0 Å². The minimum atomic E-state index is 0.483. The van der Waals surface area contributed by atoms with E-state index < -0.39 is 0 Å². The molecule has 2 aliphatic rings. The van der Waals surface area contributed by atoms with Crippen LogP contribution in [0.15, 0.2) is 24.3 Å². The van der Waals surface area contributed by atoms with E-state index in [1.807, 2.05) is 0 Å². The van der Waals surface area contributed by atoms with E-state index in [2.05, 4.69) is 62.3 Å². The van der Waals surface area contributed by atoms with Crippen LogP contribution in [-0.4, -0.2) is 30.6 Å². The third-order valence-electron chi connectivity index (χ3n) is 5.69. The molecule has 3 rings (SSSR count). The van der Waals surface area contributed by atoms with Gasteiger partial charge < -0.3 is 5.32 Å². The van der Waals surface area contributed by atoms with Crippen LogP contribution in [0.5, 0.6) is 0 Å². The normalized spacial score (nSPS) is 33.4. The van der Waals surface area contributed by atoms with Crippen LogP contribution in [0.3, 0.4) is 0 Å². The van der Waals surface area contributed by atoms with E-state index in [0.717, 1.165) is 12.0 Å². The molecule has 1 fully saturated rings. The molecule has 0 radical (unpaired) electrons. The number of benzene rings is 1. The van der Waals surface area contributed by atoms with Crippen LogP contribution in [-0.2, 0) is 0 Å². The summed E-state index contributed by atoms with van der Waals surface area (Å²) < 4.78 is 0. The molecule has 1 aliphatic carbocycles.